The number of hydrogen-bond acceptors (Lipinski definition) is 4. The van der Waals surface area contributed by atoms with Gasteiger partial charge in [-0.15, -0.1) is 0 Å². The van der Waals surface area contributed by atoms with Crippen molar-refractivity contribution in [2.24, 2.45) is 0 Å². The highest BCUT2D eigenvalue weighted by atomic mass is 19.1. The molecule has 1 saturated carbocycles. The Labute approximate surface area is 91.6 Å². The molecule has 86 valence electrons. The molecule has 0 bridgehead atoms. The van der Waals surface area contributed by atoms with Crippen LogP contribution in [0.15, 0.2) is 12.3 Å². The van der Waals surface area contributed by atoms with E-state index in [-0.39, 0.29) is 17.7 Å². The first-order valence-corrected chi connectivity index (χ1v) is 4.87. The summed E-state index contributed by atoms with van der Waals surface area (Å²) in [6.45, 7) is 0. The Morgan fingerprint density at radius 2 is 2.38 bits per heavy atom. The van der Waals surface area contributed by atoms with Crippen LogP contribution in [-0.4, -0.2) is 24.2 Å². The van der Waals surface area contributed by atoms with Crippen molar-refractivity contribution < 1.29 is 18.7 Å². The molecule has 1 aromatic heterocycles. The van der Waals surface area contributed by atoms with Crippen LogP contribution >= 0.6 is 0 Å². The largest absolute Gasteiger partial charge is 0.478 e. The van der Waals surface area contributed by atoms with E-state index >= 15 is 0 Å². The number of carbonyl (C=O) groups is 1. The van der Waals surface area contributed by atoms with Gasteiger partial charge in [0.05, 0.1) is 13.3 Å². The molecule has 5 nitrogen and oxygen atoms in total. The summed E-state index contributed by atoms with van der Waals surface area (Å²) < 4.78 is 22.6. The van der Waals surface area contributed by atoms with E-state index in [0.717, 1.165) is 25.1 Å². The Morgan fingerprint density at radius 1 is 1.62 bits per heavy atom. The second-order valence-electron chi connectivity index (χ2n) is 3.47. The number of carbonyl (C=O) groups excluding carboxylic acids is 1. The minimum Gasteiger partial charge on any atom is -0.478 e. The number of pyridine rings is 1. The first-order chi connectivity index (χ1) is 7.69. The zero-order valence-electron chi connectivity index (χ0n) is 8.70. The molecule has 1 aliphatic carbocycles. The Hall–Kier alpha value is -1.85. The molecule has 1 amide bonds. The number of amides is 1. The minimum atomic E-state index is -0.617. The Kier molecular flexibility index (Phi) is 2.89. The Morgan fingerprint density at radius 3 is 3.00 bits per heavy atom. The van der Waals surface area contributed by atoms with Gasteiger partial charge in [-0.25, -0.2) is 14.2 Å². The summed E-state index contributed by atoms with van der Waals surface area (Å²) in [6.07, 6.45) is 2.28. The van der Waals surface area contributed by atoms with Crippen LogP contribution in [0.3, 0.4) is 0 Å². The lowest BCUT2D eigenvalue weighted by Crippen LogP contribution is -2.28. The van der Waals surface area contributed by atoms with E-state index in [1.54, 1.807) is 0 Å². The van der Waals surface area contributed by atoms with Crippen molar-refractivity contribution in [1.82, 2.24) is 10.3 Å². The molecule has 0 aliphatic heterocycles. The third kappa shape index (κ3) is 2.59. The standard InChI is InChI=1S/C10H11FN2O3/c1-15-9-8(4-6(11)5-12-9)16-10(14)13-7-2-3-7/h4-5,7H,2-3H2,1H3,(H,13,14). The molecule has 0 spiro atoms. The molecule has 1 heterocycles. The SMILES string of the molecule is COc1ncc(F)cc1OC(=O)NC1CC1. The van der Waals surface area contributed by atoms with Gasteiger partial charge in [-0.2, -0.15) is 0 Å². The number of methoxy groups -OCH3 is 1. The number of hydrogen-bond donors (Lipinski definition) is 1. The van der Waals surface area contributed by atoms with Gasteiger partial charge in [0.2, 0.25) is 0 Å². The maximum atomic E-state index is 12.9. The van der Waals surface area contributed by atoms with Crippen LogP contribution in [-0.2, 0) is 0 Å². The predicted molar refractivity (Wildman–Crippen MR) is 52.9 cm³/mol. The van der Waals surface area contributed by atoms with Gasteiger partial charge in [0, 0.05) is 12.1 Å². The van der Waals surface area contributed by atoms with E-state index in [1.165, 1.54) is 7.11 Å². The zero-order chi connectivity index (χ0) is 11.5. The molecule has 0 unspecified atom stereocenters. The maximum Gasteiger partial charge on any atom is 0.413 e. The lowest BCUT2D eigenvalue weighted by molar-refractivity contribution is 0.197. The molecule has 0 atom stereocenters. The van der Waals surface area contributed by atoms with Crippen LogP contribution in [0.2, 0.25) is 0 Å². The van der Waals surface area contributed by atoms with Crippen molar-refractivity contribution in [3.63, 3.8) is 0 Å². The van der Waals surface area contributed by atoms with Crippen LogP contribution in [0.1, 0.15) is 12.8 Å². The minimum absolute atomic E-state index is 0.0272. The lowest BCUT2D eigenvalue weighted by atomic mass is 10.4. The smallest absolute Gasteiger partial charge is 0.413 e. The molecule has 1 aliphatic rings. The van der Waals surface area contributed by atoms with E-state index in [1.807, 2.05) is 0 Å². The second kappa shape index (κ2) is 4.34. The number of halogens is 1. The third-order valence-electron chi connectivity index (χ3n) is 2.08. The average Bonchev–Trinajstić information content (AvgIpc) is 3.02. The first-order valence-electron chi connectivity index (χ1n) is 4.87. The van der Waals surface area contributed by atoms with E-state index in [2.05, 4.69) is 10.3 Å². The molecule has 16 heavy (non-hydrogen) atoms. The Balaban J connectivity index is 2.05. The number of nitrogens with zero attached hydrogens (tertiary/aromatic N) is 1. The van der Waals surface area contributed by atoms with Gasteiger partial charge in [-0.1, -0.05) is 0 Å². The monoisotopic (exact) mass is 226 g/mol. The quantitative estimate of drug-likeness (QED) is 0.848. The predicted octanol–water partition coefficient (Wildman–Crippen LogP) is 1.48. The number of aromatic nitrogens is 1. The van der Waals surface area contributed by atoms with Crippen molar-refractivity contribution in [3.8, 4) is 11.6 Å². The molecule has 1 fully saturated rings. The molecule has 6 heteroatoms. The summed E-state index contributed by atoms with van der Waals surface area (Å²) in [5.41, 5.74) is 0. The van der Waals surface area contributed by atoms with Crippen LogP contribution in [0, 0.1) is 5.82 Å². The topological polar surface area (TPSA) is 60.5 Å². The molecule has 1 N–H and O–H groups in total. The highest BCUT2D eigenvalue weighted by Gasteiger charge is 2.24. The number of ether oxygens (including phenoxy) is 2. The molecular formula is C10H11FN2O3. The highest BCUT2D eigenvalue weighted by molar-refractivity contribution is 5.71. The zero-order valence-corrected chi connectivity index (χ0v) is 8.70. The number of rotatable bonds is 3. The van der Waals surface area contributed by atoms with E-state index in [4.69, 9.17) is 9.47 Å². The van der Waals surface area contributed by atoms with Gasteiger partial charge in [-0.3, -0.25) is 0 Å². The molecule has 0 aromatic carbocycles. The second-order valence-corrected chi connectivity index (χ2v) is 3.47. The average molecular weight is 226 g/mol. The van der Waals surface area contributed by atoms with E-state index < -0.39 is 11.9 Å². The molecule has 0 saturated heterocycles. The lowest BCUT2D eigenvalue weighted by Gasteiger charge is -2.08. The van der Waals surface area contributed by atoms with Gasteiger partial charge >= 0.3 is 6.09 Å². The van der Waals surface area contributed by atoms with Crippen LogP contribution < -0.4 is 14.8 Å². The van der Waals surface area contributed by atoms with Crippen LogP contribution in [0.4, 0.5) is 9.18 Å². The first kappa shape index (κ1) is 10.7. The van der Waals surface area contributed by atoms with Crippen molar-refractivity contribution in [2.75, 3.05) is 7.11 Å². The summed E-state index contributed by atoms with van der Waals surface area (Å²) in [7, 11) is 1.37. The van der Waals surface area contributed by atoms with Crippen molar-refractivity contribution in [1.29, 1.82) is 0 Å². The van der Waals surface area contributed by atoms with Gasteiger partial charge in [0.25, 0.3) is 5.88 Å². The van der Waals surface area contributed by atoms with Gasteiger partial charge in [0.1, 0.15) is 5.82 Å². The molecule has 0 radical (unpaired) electrons. The fraction of sp³-hybridized carbons (Fsp3) is 0.400. The van der Waals surface area contributed by atoms with Gasteiger partial charge in [-0.05, 0) is 12.8 Å². The van der Waals surface area contributed by atoms with E-state index in [9.17, 15) is 9.18 Å². The van der Waals surface area contributed by atoms with Crippen molar-refractivity contribution in [3.05, 3.63) is 18.1 Å². The summed E-state index contributed by atoms with van der Waals surface area (Å²) in [6, 6.07) is 1.23. The van der Waals surface area contributed by atoms with Crippen molar-refractivity contribution in [2.45, 2.75) is 18.9 Å². The fourth-order valence-electron chi connectivity index (χ4n) is 1.16. The van der Waals surface area contributed by atoms with Gasteiger partial charge < -0.3 is 14.8 Å². The van der Waals surface area contributed by atoms with Gasteiger partial charge in [0.15, 0.2) is 5.75 Å². The molecular weight excluding hydrogens is 215 g/mol. The molecule has 2 rings (SSSR count). The fourth-order valence-corrected chi connectivity index (χ4v) is 1.16. The summed E-state index contributed by atoms with van der Waals surface area (Å²) in [5.74, 6) is -0.539. The third-order valence-corrected chi connectivity index (χ3v) is 2.08. The Bertz CT molecular complexity index is 407. The normalized spacial score (nSPS) is 14.4. The highest BCUT2D eigenvalue weighted by Crippen LogP contribution is 2.25. The summed E-state index contributed by atoms with van der Waals surface area (Å²) in [4.78, 5) is 14.9. The number of nitrogens with one attached hydrogen (secondary N) is 1. The molecule has 1 aromatic rings. The van der Waals surface area contributed by atoms with Crippen LogP contribution in [0.5, 0.6) is 11.6 Å². The van der Waals surface area contributed by atoms with Crippen molar-refractivity contribution >= 4 is 6.09 Å². The summed E-state index contributed by atoms with van der Waals surface area (Å²) in [5, 5.41) is 2.61. The van der Waals surface area contributed by atoms with E-state index in [0.29, 0.717) is 0 Å². The summed E-state index contributed by atoms with van der Waals surface area (Å²) >= 11 is 0. The van der Waals surface area contributed by atoms with Crippen LogP contribution in [0.25, 0.3) is 0 Å². The maximum absolute atomic E-state index is 12.9.